The molecule has 1 amide bonds. The predicted octanol–water partition coefficient (Wildman–Crippen LogP) is 17.6. The number of hydrogen-bond acceptors (Lipinski definition) is 7. The van der Waals surface area contributed by atoms with Crippen molar-refractivity contribution in [3.63, 3.8) is 0 Å². The molecule has 0 saturated heterocycles. The van der Waals surface area contributed by atoms with Crippen molar-refractivity contribution in [2.45, 2.75) is 283 Å². The lowest BCUT2D eigenvalue weighted by atomic mass is 10.0. The van der Waals surface area contributed by atoms with Gasteiger partial charge in [0, 0.05) is 12.8 Å². The summed E-state index contributed by atoms with van der Waals surface area (Å²) >= 11 is 0. The maximum atomic E-state index is 13.5. The molecule has 0 fully saturated rings. The quantitative estimate of drug-likeness (QED) is 0.0161. The van der Waals surface area contributed by atoms with Crippen molar-refractivity contribution in [1.82, 2.24) is 5.32 Å². The molecular formula is C62H115N2O7P. The molecule has 0 aliphatic carbocycles. The molecule has 0 aromatic heterocycles. The number of likely N-dealkylation sites (N-methyl/N-ethyl adjacent to an activating group) is 1. The molecule has 0 rings (SSSR count). The first kappa shape index (κ1) is 69.7. The van der Waals surface area contributed by atoms with Crippen LogP contribution in [0.4, 0.5) is 0 Å². The molecule has 72 heavy (non-hydrogen) atoms. The van der Waals surface area contributed by atoms with Gasteiger partial charge in [0.1, 0.15) is 19.3 Å². The Labute approximate surface area is 445 Å². The molecule has 0 spiro atoms. The van der Waals surface area contributed by atoms with Crippen molar-refractivity contribution in [1.29, 1.82) is 0 Å². The average Bonchev–Trinajstić information content (AvgIpc) is 3.34. The molecule has 0 saturated carbocycles. The van der Waals surface area contributed by atoms with Crippen molar-refractivity contribution in [2.24, 2.45) is 0 Å². The van der Waals surface area contributed by atoms with E-state index in [1.54, 1.807) is 0 Å². The molecule has 0 aliphatic rings. The summed E-state index contributed by atoms with van der Waals surface area (Å²) in [6.45, 7) is 6.71. The van der Waals surface area contributed by atoms with Gasteiger partial charge in [-0.3, -0.25) is 14.2 Å². The van der Waals surface area contributed by atoms with Gasteiger partial charge in [-0.15, -0.1) is 0 Å². The van der Waals surface area contributed by atoms with E-state index in [2.05, 4.69) is 74.7 Å². The van der Waals surface area contributed by atoms with Crippen LogP contribution in [0.25, 0.3) is 0 Å². The molecule has 3 atom stereocenters. The summed E-state index contributed by atoms with van der Waals surface area (Å²) in [5, 5.41) is 3.02. The summed E-state index contributed by atoms with van der Waals surface area (Å²) in [7, 11) is 1.18. The van der Waals surface area contributed by atoms with Crippen molar-refractivity contribution < 1.29 is 37.3 Å². The fourth-order valence-corrected chi connectivity index (χ4v) is 9.30. The Morgan fingerprint density at radius 1 is 0.500 bits per heavy atom. The fourth-order valence-electron chi connectivity index (χ4n) is 8.58. The highest BCUT2D eigenvalue weighted by atomic mass is 31.2. The maximum Gasteiger partial charge on any atom is 0.306 e. The van der Waals surface area contributed by atoms with Crippen LogP contribution < -0.4 is 10.2 Å². The van der Waals surface area contributed by atoms with Gasteiger partial charge in [0.25, 0.3) is 7.82 Å². The normalized spacial score (nSPS) is 14.2. The minimum absolute atomic E-state index is 0.0257. The van der Waals surface area contributed by atoms with E-state index in [1.165, 1.54) is 161 Å². The number of nitrogens with zero attached hydrogens (tertiary/aromatic N) is 1. The lowest BCUT2D eigenvalue weighted by Crippen LogP contribution is -2.47. The van der Waals surface area contributed by atoms with Gasteiger partial charge < -0.3 is 28.5 Å². The van der Waals surface area contributed by atoms with Gasteiger partial charge in [0.05, 0.1) is 33.8 Å². The number of phosphoric acid groups is 1. The molecule has 0 heterocycles. The lowest BCUT2D eigenvalue weighted by molar-refractivity contribution is -0.870. The highest BCUT2D eigenvalue weighted by molar-refractivity contribution is 7.45. The smallest absolute Gasteiger partial charge is 0.306 e. The molecule has 0 bridgehead atoms. The Bertz CT molecular complexity index is 1420. The van der Waals surface area contributed by atoms with Crippen LogP contribution in [-0.2, 0) is 27.9 Å². The van der Waals surface area contributed by atoms with Gasteiger partial charge in [-0.05, 0) is 76.7 Å². The topological polar surface area (TPSA) is 114 Å². The first-order chi connectivity index (χ1) is 34.9. The highest BCUT2D eigenvalue weighted by Gasteiger charge is 2.27. The van der Waals surface area contributed by atoms with Crippen LogP contribution >= 0.6 is 7.82 Å². The van der Waals surface area contributed by atoms with Gasteiger partial charge in [-0.2, -0.15) is 0 Å². The number of phosphoric ester groups is 1. The fraction of sp³-hybridized carbons (Fsp3) is 0.806. The van der Waals surface area contributed by atoms with Crippen LogP contribution in [-0.4, -0.2) is 69.4 Å². The zero-order chi connectivity index (χ0) is 52.9. The molecule has 9 nitrogen and oxygen atoms in total. The largest absolute Gasteiger partial charge is 0.756 e. The van der Waals surface area contributed by atoms with Crippen molar-refractivity contribution in [3.8, 4) is 0 Å². The van der Waals surface area contributed by atoms with E-state index in [1.807, 2.05) is 33.3 Å². The van der Waals surface area contributed by atoms with Crippen molar-refractivity contribution in [3.05, 3.63) is 60.8 Å². The predicted molar refractivity (Wildman–Crippen MR) is 307 cm³/mol. The van der Waals surface area contributed by atoms with E-state index >= 15 is 0 Å². The van der Waals surface area contributed by atoms with Gasteiger partial charge in [-0.25, -0.2) is 0 Å². The second-order valence-electron chi connectivity index (χ2n) is 21.5. The second kappa shape index (κ2) is 52.2. The molecule has 0 radical (unpaired) electrons. The SMILES string of the molecule is CC/C=C/C=C/C=C/CCCCCCCCCC(=O)OC(/C=C\CCCCCCCCCCCC)C(COP(=O)([O-])OCC[N+](C)(C)C)NC(=O)CCCCCCCCCCC/C=C/CCCCCCCC. The molecule has 420 valence electrons. The second-order valence-corrected chi connectivity index (χ2v) is 22.9. The molecule has 3 unspecified atom stereocenters. The van der Waals surface area contributed by atoms with E-state index in [9.17, 15) is 19.0 Å². The third kappa shape index (κ3) is 52.6. The van der Waals surface area contributed by atoms with E-state index in [4.69, 9.17) is 13.8 Å². The number of amides is 1. The van der Waals surface area contributed by atoms with Crippen LogP contribution in [0.2, 0.25) is 0 Å². The average molecular weight is 1030 g/mol. The molecular weight excluding hydrogens is 916 g/mol. The number of ether oxygens (including phenoxy) is 1. The summed E-state index contributed by atoms with van der Waals surface area (Å²) in [6.07, 6.45) is 64.7. The number of unbranched alkanes of at least 4 members (excludes halogenated alkanes) is 32. The Hall–Kier alpha value is -2.29. The van der Waals surface area contributed by atoms with Crippen LogP contribution in [0.15, 0.2) is 60.8 Å². The molecule has 0 aromatic rings. The highest BCUT2D eigenvalue weighted by Crippen LogP contribution is 2.38. The number of carbonyl (C=O) groups excluding carboxylic acids is 2. The number of esters is 1. The zero-order valence-corrected chi connectivity index (χ0v) is 48.8. The minimum Gasteiger partial charge on any atom is -0.756 e. The lowest BCUT2D eigenvalue weighted by Gasteiger charge is -2.30. The number of rotatable bonds is 54. The number of carbonyl (C=O) groups is 2. The molecule has 1 N–H and O–H groups in total. The third-order valence-electron chi connectivity index (χ3n) is 13.2. The minimum atomic E-state index is -4.70. The summed E-state index contributed by atoms with van der Waals surface area (Å²) in [4.78, 5) is 39.9. The molecule has 0 aliphatic heterocycles. The summed E-state index contributed by atoms with van der Waals surface area (Å²) in [6, 6.07) is -0.894. The first-order valence-electron chi connectivity index (χ1n) is 30.1. The van der Waals surface area contributed by atoms with Crippen LogP contribution in [0.5, 0.6) is 0 Å². The van der Waals surface area contributed by atoms with E-state index < -0.39 is 26.6 Å². The molecule has 10 heteroatoms. The van der Waals surface area contributed by atoms with Crippen LogP contribution in [0, 0.1) is 0 Å². The van der Waals surface area contributed by atoms with Gasteiger partial charge >= 0.3 is 5.97 Å². The Balaban J connectivity index is 5.28. The first-order valence-corrected chi connectivity index (χ1v) is 31.6. The van der Waals surface area contributed by atoms with E-state index in [0.717, 1.165) is 77.0 Å². The maximum absolute atomic E-state index is 13.5. The van der Waals surface area contributed by atoms with Crippen LogP contribution in [0.1, 0.15) is 271 Å². The zero-order valence-electron chi connectivity index (χ0n) is 47.9. The summed E-state index contributed by atoms with van der Waals surface area (Å²) < 4.78 is 30.3. The molecule has 0 aromatic carbocycles. The van der Waals surface area contributed by atoms with Gasteiger partial charge in [-0.1, -0.05) is 242 Å². The van der Waals surface area contributed by atoms with E-state index in [-0.39, 0.29) is 24.9 Å². The van der Waals surface area contributed by atoms with Crippen molar-refractivity contribution in [2.75, 3.05) is 40.9 Å². The Morgan fingerprint density at radius 2 is 0.903 bits per heavy atom. The number of allylic oxidation sites excluding steroid dienone is 9. The third-order valence-corrected chi connectivity index (χ3v) is 14.2. The van der Waals surface area contributed by atoms with Crippen LogP contribution in [0.3, 0.4) is 0 Å². The van der Waals surface area contributed by atoms with Gasteiger partial charge in [0.15, 0.2) is 0 Å². The van der Waals surface area contributed by atoms with Crippen molar-refractivity contribution >= 4 is 19.7 Å². The Morgan fingerprint density at radius 3 is 1.36 bits per heavy atom. The summed E-state index contributed by atoms with van der Waals surface area (Å²) in [5.74, 6) is -0.554. The number of nitrogens with one attached hydrogen (secondary N) is 1. The standard InChI is InChI=1S/C62H115N2O7P/c1-7-10-13-16-19-22-25-28-30-31-32-33-35-36-39-42-45-48-51-54-61(65)63-59(58-70-72(67,68)69-57-56-64(4,5)6)60(53-50-47-44-41-38-27-24-21-18-15-12-9-3)71-62(66)55-52-49-46-43-40-37-34-29-26-23-20-17-14-11-8-2/h11,14,17,20,23,26,28,30,50,53,59-60H,7-10,12-13,15-16,18-19,21-22,24-25,27,29,31-49,51-52,54-58H2,1-6H3,(H-,63,65,67,68)/b14-11+,20-17+,26-23+,30-28+,53-50-. The van der Waals surface area contributed by atoms with E-state index in [0.29, 0.717) is 17.4 Å². The summed E-state index contributed by atoms with van der Waals surface area (Å²) in [5.41, 5.74) is 0. The number of quaternary nitrogens is 1. The monoisotopic (exact) mass is 1030 g/mol. The van der Waals surface area contributed by atoms with Gasteiger partial charge in [0.2, 0.25) is 5.91 Å². The number of hydrogen-bond donors (Lipinski definition) is 1. The Kier molecular flexibility index (Phi) is 50.5.